The van der Waals surface area contributed by atoms with Gasteiger partial charge in [0.2, 0.25) is 0 Å². The first-order valence-corrected chi connectivity index (χ1v) is 6.94. The number of halogens is 1. The predicted octanol–water partition coefficient (Wildman–Crippen LogP) is 3.65. The summed E-state index contributed by atoms with van der Waals surface area (Å²) in [5.74, 6) is 0. The van der Waals surface area contributed by atoms with Gasteiger partial charge in [-0.25, -0.2) is 0 Å². The second kappa shape index (κ2) is 4.89. The Morgan fingerprint density at radius 2 is 2.12 bits per heavy atom. The molecule has 1 nitrogen and oxygen atoms in total. The van der Waals surface area contributed by atoms with Gasteiger partial charge in [0.05, 0.1) is 0 Å². The van der Waals surface area contributed by atoms with Crippen molar-refractivity contribution in [3.63, 3.8) is 0 Å². The van der Waals surface area contributed by atoms with Crippen LogP contribution in [-0.2, 0) is 11.8 Å². The van der Waals surface area contributed by atoms with Gasteiger partial charge in [-0.2, -0.15) is 0 Å². The summed E-state index contributed by atoms with van der Waals surface area (Å²) in [4.78, 5) is 0. The smallest absolute Gasteiger partial charge is 0.0210 e. The fraction of sp³-hybridized carbons (Fsp3) is 0.571. The molecule has 0 amide bonds. The Morgan fingerprint density at radius 1 is 1.38 bits per heavy atom. The molecule has 1 aliphatic carbocycles. The van der Waals surface area contributed by atoms with Gasteiger partial charge in [0.1, 0.15) is 0 Å². The minimum Gasteiger partial charge on any atom is -0.319 e. The van der Waals surface area contributed by atoms with Gasteiger partial charge in [-0.15, -0.1) is 0 Å². The molecule has 1 fully saturated rings. The highest BCUT2D eigenvalue weighted by Crippen LogP contribution is 2.48. The molecule has 1 aromatic rings. The summed E-state index contributed by atoms with van der Waals surface area (Å²) in [6.07, 6.45) is 5.03. The molecule has 0 bridgehead atoms. The van der Waals surface area contributed by atoms with Gasteiger partial charge in [-0.3, -0.25) is 0 Å². The van der Waals surface area contributed by atoms with Gasteiger partial charge in [-0.1, -0.05) is 41.4 Å². The van der Waals surface area contributed by atoms with E-state index in [2.05, 4.69) is 46.4 Å². The summed E-state index contributed by atoms with van der Waals surface area (Å²) in [5, 5.41) is 3.31. The van der Waals surface area contributed by atoms with Crippen molar-refractivity contribution in [1.29, 1.82) is 0 Å². The van der Waals surface area contributed by atoms with Gasteiger partial charge < -0.3 is 5.32 Å². The van der Waals surface area contributed by atoms with Crippen LogP contribution in [0.4, 0.5) is 0 Å². The maximum absolute atomic E-state index is 3.70. The van der Waals surface area contributed by atoms with Crippen LogP contribution >= 0.6 is 15.9 Å². The van der Waals surface area contributed by atoms with E-state index in [0.29, 0.717) is 5.41 Å². The first-order chi connectivity index (χ1) is 7.72. The SMILES string of the molecule is CCCc1ccc(C2(CNC)CC2)cc1Br. The lowest BCUT2D eigenvalue weighted by molar-refractivity contribution is 0.623. The normalized spacial score (nSPS) is 17.4. The zero-order chi connectivity index (χ0) is 11.6. The average Bonchev–Trinajstić information content (AvgIpc) is 3.03. The summed E-state index contributed by atoms with van der Waals surface area (Å²) in [6.45, 7) is 3.33. The quantitative estimate of drug-likeness (QED) is 0.869. The summed E-state index contributed by atoms with van der Waals surface area (Å²) < 4.78 is 1.29. The van der Waals surface area contributed by atoms with Crippen LogP contribution in [0.15, 0.2) is 22.7 Å². The lowest BCUT2D eigenvalue weighted by Gasteiger charge is -2.16. The van der Waals surface area contributed by atoms with Gasteiger partial charge >= 0.3 is 0 Å². The average molecular weight is 282 g/mol. The molecule has 88 valence electrons. The summed E-state index contributed by atoms with van der Waals surface area (Å²) in [7, 11) is 2.04. The second-order valence-electron chi connectivity index (χ2n) is 4.87. The number of benzene rings is 1. The third kappa shape index (κ3) is 2.33. The zero-order valence-electron chi connectivity index (χ0n) is 10.1. The van der Waals surface area contributed by atoms with E-state index in [-0.39, 0.29) is 0 Å². The summed E-state index contributed by atoms with van der Waals surface area (Å²) in [5.41, 5.74) is 3.36. The topological polar surface area (TPSA) is 12.0 Å². The molecule has 0 aromatic heterocycles. The van der Waals surface area contributed by atoms with E-state index in [1.807, 2.05) is 7.05 Å². The highest BCUT2D eigenvalue weighted by Gasteiger charge is 2.43. The van der Waals surface area contributed by atoms with E-state index in [1.54, 1.807) is 0 Å². The number of nitrogens with one attached hydrogen (secondary N) is 1. The van der Waals surface area contributed by atoms with Gasteiger partial charge in [0.25, 0.3) is 0 Å². The Morgan fingerprint density at radius 3 is 2.62 bits per heavy atom. The number of rotatable bonds is 5. The predicted molar refractivity (Wildman–Crippen MR) is 73.0 cm³/mol. The van der Waals surface area contributed by atoms with E-state index in [1.165, 1.54) is 41.3 Å². The van der Waals surface area contributed by atoms with E-state index in [4.69, 9.17) is 0 Å². The Balaban J connectivity index is 2.21. The van der Waals surface area contributed by atoms with Crippen LogP contribution in [0.5, 0.6) is 0 Å². The van der Waals surface area contributed by atoms with Crippen molar-refractivity contribution >= 4 is 15.9 Å². The van der Waals surface area contributed by atoms with Crippen molar-refractivity contribution in [3.05, 3.63) is 33.8 Å². The van der Waals surface area contributed by atoms with Gasteiger partial charge in [0, 0.05) is 16.4 Å². The molecule has 2 heteroatoms. The highest BCUT2D eigenvalue weighted by molar-refractivity contribution is 9.10. The molecule has 0 unspecified atom stereocenters. The number of likely N-dealkylation sites (N-methyl/N-ethyl adjacent to an activating group) is 1. The molecule has 0 aliphatic heterocycles. The zero-order valence-corrected chi connectivity index (χ0v) is 11.7. The van der Waals surface area contributed by atoms with E-state index >= 15 is 0 Å². The molecule has 0 spiro atoms. The number of hydrogen-bond acceptors (Lipinski definition) is 1. The van der Waals surface area contributed by atoms with E-state index < -0.39 is 0 Å². The third-order valence-corrected chi connectivity index (χ3v) is 4.29. The molecule has 0 heterocycles. The maximum atomic E-state index is 3.70. The fourth-order valence-electron chi connectivity index (χ4n) is 2.41. The van der Waals surface area contributed by atoms with Crippen LogP contribution in [0, 0.1) is 0 Å². The molecular formula is C14H20BrN. The lowest BCUT2D eigenvalue weighted by atomic mass is 9.94. The molecule has 0 radical (unpaired) electrons. The largest absolute Gasteiger partial charge is 0.319 e. The molecule has 0 atom stereocenters. The Hall–Kier alpha value is -0.340. The number of aryl methyl sites for hydroxylation is 1. The Kier molecular flexibility index (Phi) is 3.70. The maximum Gasteiger partial charge on any atom is 0.0210 e. The first-order valence-electron chi connectivity index (χ1n) is 6.15. The molecule has 1 aromatic carbocycles. The molecule has 2 rings (SSSR count). The molecule has 16 heavy (non-hydrogen) atoms. The minimum absolute atomic E-state index is 0.433. The van der Waals surface area contributed by atoms with Gasteiger partial charge in [0.15, 0.2) is 0 Å². The lowest BCUT2D eigenvalue weighted by Crippen LogP contribution is -2.23. The molecule has 0 saturated heterocycles. The standard InChI is InChI=1S/C14H20BrN/c1-3-4-11-5-6-12(9-13(11)15)14(7-8-14)10-16-2/h5-6,9,16H,3-4,7-8,10H2,1-2H3. The molecular weight excluding hydrogens is 262 g/mol. The van der Waals surface area contributed by atoms with E-state index in [9.17, 15) is 0 Å². The minimum atomic E-state index is 0.433. The van der Waals surface area contributed by atoms with Crippen molar-refractivity contribution in [1.82, 2.24) is 5.32 Å². The monoisotopic (exact) mass is 281 g/mol. The number of hydrogen-bond donors (Lipinski definition) is 1. The Labute approximate surface area is 107 Å². The van der Waals surface area contributed by atoms with Crippen LogP contribution in [0.3, 0.4) is 0 Å². The van der Waals surface area contributed by atoms with Crippen molar-refractivity contribution in [2.45, 2.75) is 38.0 Å². The Bertz CT molecular complexity index is 369. The molecule has 1 aliphatic rings. The first kappa shape index (κ1) is 12.1. The van der Waals surface area contributed by atoms with Crippen molar-refractivity contribution in [2.75, 3.05) is 13.6 Å². The van der Waals surface area contributed by atoms with Crippen molar-refractivity contribution < 1.29 is 0 Å². The second-order valence-corrected chi connectivity index (χ2v) is 5.72. The van der Waals surface area contributed by atoms with Crippen molar-refractivity contribution in [3.8, 4) is 0 Å². The third-order valence-electron chi connectivity index (χ3n) is 3.55. The molecule has 1 saturated carbocycles. The van der Waals surface area contributed by atoms with Crippen LogP contribution in [0.2, 0.25) is 0 Å². The van der Waals surface area contributed by atoms with Crippen LogP contribution in [0.1, 0.15) is 37.3 Å². The van der Waals surface area contributed by atoms with Gasteiger partial charge in [-0.05, 0) is 43.5 Å². The van der Waals surface area contributed by atoms with E-state index in [0.717, 1.165) is 6.54 Å². The van der Waals surface area contributed by atoms with Crippen LogP contribution in [0.25, 0.3) is 0 Å². The fourth-order valence-corrected chi connectivity index (χ4v) is 2.98. The highest BCUT2D eigenvalue weighted by atomic mass is 79.9. The summed E-state index contributed by atoms with van der Waals surface area (Å²) in [6, 6.07) is 6.94. The van der Waals surface area contributed by atoms with Crippen LogP contribution < -0.4 is 5.32 Å². The molecule has 1 N–H and O–H groups in total. The summed E-state index contributed by atoms with van der Waals surface area (Å²) >= 11 is 3.70. The van der Waals surface area contributed by atoms with Crippen LogP contribution in [-0.4, -0.2) is 13.6 Å². The van der Waals surface area contributed by atoms with Crippen molar-refractivity contribution in [2.24, 2.45) is 0 Å².